The summed E-state index contributed by atoms with van der Waals surface area (Å²) in [5, 5.41) is 7.88. The monoisotopic (exact) mass is 343 g/mol. The number of hydrogen-bond acceptors (Lipinski definition) is 4. The molecule has 24 heavy (non-hydrogen) atoms. The van der Waals surface area contributed by atoms with Gasteiger partial charge in [0.2, 0.25) is 0 Å². The molecule has 2 heterocycles. The number of aliphatic imine (C=N–C) groups is 1. The van der Waals surface area contributed by atoms with Crippen molar-refractivity contribution in [1.82, 2.24) is 15.6 Å². The zero-order valence-corrected chi connectivity index (χ0v) is 15.1. The Morgan fingerprint density at radius 1 is 1.33 bits per heavy atom. The van der Waals surface area contributed by atoms with Gasteiger partial charge in [-0.05, 0) is 31.4 Å². The third kappa shape index (κ3) is 4.47. The molecule has 5 nitrogen and oxygen atoms in total. The van der Waals surface area contributed by atoms with Crippen LogP contribution in [0.25, 0.3) is 0 Å². The van der Waals surface area contributed by atoms with E-state index in [0.717, 1.165) is 37.1 Å². The topological polar surface area (TPSA) is 52.6 Å². The highest BCUT2D eigenvalue weighted by Crippen LogP contribution is 2.22. The SMILES string of the molecule is CN=C(NCc1ncc(C)s1)NCC1CCN(c2ccccc2)C1. The molecule has 0 aliphatic carbocycles. The Hall–Kier alpha value is -2.08. The molecule has 0 saturated carbocycles. The lowest BCUT2D eigenvalue weighted by molar-refractivity contribution is 0.565. The molecule has 1 unspecified atom stereocenters. The van der Waals surface area contributed by atoms with Gasteiger partial charge in [-0.3, -0.25) is 4.99 Å². The fourth-order valence-electron chi connectivity index (χ4n) is 2.98. The number of nitrogens with zero attached hydrogens (tertiary/aromatic N) is 3. The summed E-state index contributed by atoms with van der Waals surface area (Å²) < 4.78 is 0. The number of aromatic nitrogens is 1. The van der Waals surface area contributed by atoms with Crippen LogP contribution in [0.1, 0.15) is 16.3 Å². The molecule has 3 rings (SSSR count). The fraction of sp³-hybridized carbons (Fsp3) is 0.444. The molecular weight excluding hydrogens is 318 g/mol. The largest absolute Gasteiger partial charge is 0.371 e. The van der Waals surface area contributed by atoms with E-state index in [1.165, 1.54) is 17.0 Å². The van der Waals surface area contributed by atoms with Gasteiger partial charge in [0.1, 0.15) is 5.01 Å². The first-order chi connectivity index (χ1) is 11.7. The second kappa shape index (κ2) is 8.15. The minimum Gasteiger partial charge on any atom is -0.371 e. The molecule has 0 amide bonds. The molecule has 2 N–H and O–H groups in total. The number of aryl methyl sites for hydroxylation is 1. The summed E-state index contributed by atoms with van der Waals surface area (Å²) in [6.07, 6.45) is 3.12. The van der Waals surface area contributed by atoms with Crippen molar-refractivity contribution in [3.8, 4) is 0 Å². The highest BCUT2D eigenvalue weighted by atomic mass is 32.1. The molecule has 1 aromatic carbocycles. The second-order valence-electron chi connectivity index (χ2n) is 6.11. The Morgan fingerprint density at radius 3 is 2.88 bits per heavy atom. The van der Waals surface area contributed by atoms with Crippen molar-refractivity contribution in [2.24, 2.45) is 10.9 Å². The predicted octanol–water partition coefficient (Wildman–Crippen LogP) is 2.64. The number of thiazole rings is 1. The van der Waals surface area contributed by atoms with Gasteiger partial charge >= 0.3 is 0 Å². The zero-order chi connectivity index (χ0) is 16.8. The first-order valence-corrected chi connectivity index (χ1v) is 9.22. The van der Waals surface area contributed by atoms with Crippen LogP contribution in [0, 0.1) is 12.8 Å². The van der Waals surface area contributed by atoms with Gasteiger partial charge in [-0.25, -0.2) is 4.98 Å². The van der Waals surface area contributed by atoms with E-state index in [1.54, 1.807) is 11.3 Å². The van der Waals surface area contributed by atoms with E-state index in [4.69, 9.17) is 0 Å². The molecular formula is C18H25N5S. The Morgan fingerprint density at radius 2 is 2.17 bits per heavy atom. The summed E-state index contributed by atoms with van der Waals surface area (Å²) in [5.74, 6) is 1.49. The first-order valence-electron chi connectivity index (χ1n) is 8.40. The van der Waals surface area contributed by atoms with Gasteiger partial charge in [0, 0.05) is 43.4 Å². The van der Waals surface area contributed by atoms with Gasteiger partial charge in [0.05, 0.1) is 6.54 Å². The number of rotatable bonds is 5. The van der Waals surface area contributed by atoms with E-state index in [0.29, 0.717) is 5.92 Å². The average molecular weight is 344 g/mol. The molecule has 128 valence electrons. The number of para-hydroxylation sites is 1. The van der Waals surface area contributed by atoms with Crippen LogP contribution in [-0.2, 0) is 6.54 Å². The van der Waals surface area contributed by atoms with Crippen molar-refractivity contribution in [3.63, 3.8) is 0 Å². The van der Waals surface area contributed by atoms with E-state index < -0.39 is 0 Å². The van der Waals surface area contributed by atoms with Crippen molar-refractivity contribution in [2.75, 3.05) is 31.6 Å². The van der Waals surface area contributed by atoms with Gasteiger partial charge in [-0.2, -0.15) is 0 Å². The van der Waals surface area contributed by atoms with Crippen LogP contribution in [0.15, 0.2) is 41.5 Å². The lowest BCUT2D eigenvalue weighted by Gasteiger charge is -2.19. The standard InChI is InChI=1S/C18H25N5S/c1-14-10-20-17(24-14)12-22-18(19-2)21-11-15-8-9-23(13-15)16-6-4-3-5-7-16/h3-7,10,15H,8-9,11-13H2,1-2H3,(H2,19,21,22). The lowest BCUT2D eigenvalue weighted by atomic mass is 10.1. The molecule has 0 radical (unpaired) electrons. The van der Waals surface area contributed by atoms with Crippen LogP contribution in [0.4, 0.5) is 5.69 Å². The quantitative estimate of drug-likeness (QED) is 0.647. The molecule has 2 aromatic rings. The smallest absolute Gasteiger partial charge is 0.191 e. The van der Waals surface area contributed by atoms with E-state index in [1.807, 2.05) is 13.2 Å². The Balaban J connectivity index is 1.43. The highest BCUT2D eigenvalue weighted by Gasteiger charge is 2.22. The van der Waals surface area contributed by atoms with Crippen LogP contribution < -0.4 is 15.5 Å². The van der Waals surface area contributed by atoms with E-state index >= 15 is 0 Å². The third-order valence-corrected chi connectivity index (χ3v) is 5.18. The average Bonchev–Trinajstić information content (AvgIpc) is 3.25. The molecule has 0 spiro atoms. The normalized spacial score (nSPS) is 18.0. The summed E-state index contributed by atoms with van der Waals surface area (Å²) in [4.78, 5) is 12.4. The molecule has 6 heteroatoms. The van der Waals surface area contributed by atoms with Gasteiger partial charge < -0.3 is 15.5 Å². The van der Waals surface area contributed by atoms with Gasteiger partial charge in [0.25, 0.3) is 0 Å². The zero-order valence-electron chi connectivity index (χ0n) is 14.3. The van der Waals surface area contributed by atoms with Crippen molar-refractivity contribution < 1.29 is 0 Å². The van der Waals surface area contributed by atoms with E-state index in [9.17, 15) is 0 Å². The fourth-order valence-corrected chi connectivity index (χ4v) is 3.70. The number of guanidine groups is 1. The molecule has 1 saturated heterocycles. The molecule has 1 fully saturated rings. The Labute approximate surface area is 147 Å². The van der Waals surface area contributed by atoms with Crippen molar-refractivity contribution in [3.05, 3.63) is 46.4 Å². The van der Waals surface area contributed by atoms with Gasteiger partial charge in [-0.15, -0.1) is 11.3 Å². The number of nitrogens with one attached hydrogen (secondary N) is 2. The van der Waals surface area contributed by atoms with Crippen molar-refractivity contribution in [1.29, 1.82) is 0 Å². The summed E-state index contributed by atoms with van der Waals surface area (Å²) in [6, 6.07) is 10.6. The van der Waals surface area contributed by atoms with Gasteiger partial charge in [-0.1, -0.05) is 18.2 Å². The number of hydrogen-bond donors (Lipinski definition) is 2. The molecule has 1 aliphatic rings. The maximum Gasteiger partial charge on any atom is 0.191 e. The summed E-state index contributed by atoms with van der Waals surface area (Å²) >= 11 is 1.72. The Kier molecular flexibility index (Phi) is 5.69. The van der Waals surface area contributed by atoms with Crippen LogP contribution >= 0.6 is 11.3 Å². The van der Waals surface area contributed by atoms with Crippen molar-refractivity contribution >= 4 is 23.0 Å². The van der Waals surface area contributed by atoms with Crippen LogP contribution in [-0.4, -0.2) is 37.6 Å². The molecule has 1 aromatic heterocycles. The number of anilines is 1. The second-order valence-corrected chi connectivity index (χ2v) is 7.43. The first kappa shape index (κ1) is 16.8. The summed E-state index contributed by atoms with van der Waals surface area (Å²) in [7, 11) is 1.81. The lowest BCUT2D eigenvalue weighted by Crippen LogP contribution is -2.39. The van der Waals surface area contributed by atoms with Crippen LogP contribution in [0.3, 0.4) is 0 Å². The van der Waals surface area contributed by atoms with Gasteiger partial charge in [0.15, 0.2) is 5.96 Å². The predicted molar refractivity (Wildman–Crippen MR) is 102 cm³/mol. The maximum atomic E-state index is 4.37. The van der Waals surface area contributed by atoms with Crippen LogP contribution in [0.2, 0.25) is 0 Å². The minimum absolute atomic E-state index is 0.644. The summed E-state index contributed by atoms with van der Waals surface area (Å²) in [6.45, 7) is 5.96. The molecule has 1 aliphatic heterocycles. The Bertz CT molecular complexity index is 667. The maximum absolute atomic E-state index is 4.37. The number of benzene rings is 1. The van der Waals surface area contributed by atoms with E-state index in [2.05, 4.69) is 62.8 Å². The third-order valence-electron chi connectivity index (χ3n) is 4.27. The molecule has 1 atom stereocenters. The van der Waals surface area contributed by atoms with Crippen molar-refractivity contribution in [2.45, 2.75) is 19.9 Å². The minimum atomic E-state index is 0.644. The molecule has 0 bridgehead atoms. The van der Waals surface area contributed by atoms with Crippen LogP contribution in [0.5, 0.6) is 0 Å². The van der Waals surface area contributed by atoms with E-state index in [-0.39, 0.29) is 0 Å². The highest BCUT2D eigenvalue weighted by molar-refractivity contribution is 7.11. The summed E-state index contributed by atoms with van der Waals surface area (Å²) in [5.41, 5.74) is 1.32.